The Morgan fingerprint density at radius 2 is 1.90 bits per heavy atom. The van der Waals surface area contributed by atoms with E-state index >= 15 is 0 Å². The van der Waals surface area contributed by atoms with Gasteiger partial charge in [0.2, 0.25) is 17.6 Å². The number of aromatic nitrogens is 3. The Morgan fingerprint density at radius 1 is 1.03 bits per heavy atom. The van der Waals surface area contributed by atoms with Crippen LogP contribution in [0.15, 0.2) is 53.1 Å². The van der Waals surface area contributed by atoms with Crippen molar-refractivity contribution in [1.29, 1.82) is 0 Å². The topological polar surface area (TPSA) is 80.9 Å². The zero-order valence-corrected chi connectivity index (χ0v) is 16.7. The van der Waals surface area contributed by atoms with Gasteiger partial charge in [-0.15, -0.1) is 0 Å². The second kappa shape index (κ2) is 7.83. The molecule has 6 heteroatoms. The first-order valence-corrected chi connectivity index (χ1v) is 9.56. The molecule has 0 spiro atoms. The van der Waals surface area contributed by atoms with E-state index in [2.05, 4.69) is 20.4 Å². The van der Waals surface area contributed by atoms with Crippen LogP contribution >= 0.6 is 0 Å². The van der Waals surface area contributed by atoms with Crippen molar-refractivity contribution in [3.05, 3.63) is 71.2 Å². The lowest BCUT2D eigenvalue weighted by Crippen LogP contribution is -2.13. The first kappa shape index (κ1) is 18.8. The molecule has 0 saturated carbocycles. The molecule has 4 aromatic rings. The molecular weight excluding hydrogens is 364 g/mol. The number of pyridine rings is 1. The summed E-state index contributed by atoms with van der Waals surface area (Å²) in [5.41, 5.74) is 5.63. The standard InChI is InChI=1S/C23H22N4O2/c1-14-5-4-6-17(13-14)23-26-21(29-27-23)12-11-20(28)25-22-15(2)7-10-19-18(22)9-8-16(3)24-19/h4-10,13H,11-12H2,1-3H3,(H,25,28). The molecule has 6 nitrogen and oxygen atoms in total. The monoisotopic (exact) mass is 386 g/mol. The number of carbonyl (C=O) groups is 1. The van der Waals surface area contributed by atoms with E-state index in [0.29, 0.717) is 18.1 Å². The van der Waals surface area contributed by atoms with Gasteiger partial charge in [-0.05, 0) is 50.6 Å². The Balaban J connectivity index is 1.45. The highest BCUT2D eigenvalue weighted by Gasteiger charge is 2.13. The summed E-state index contributed by atoms with van der Waals surface area (Å²) in [5.74, 6) is 0.885. The molecule has 29 heavy (non-hydrogen) atoms. The maximum Gasteiger partial charge on any atom is 0.227 e. The maximum absolute atomic E-state index is 12.5. The molecule has 1 N–H and O–H groups in total. The lowest BCUT2D eigenvalue weighted by molar-refractivity contribution is -0.116. The molecule has 0 fully saturated rings. The highest BCUT2D eigenvalue weighted by Crippen LogP contribution is 2.26. The molecule has 0 saturated heterocycles. The minimum absolute atomic E-state index is 0.100. The van der Waals surface area contributed by atoms with E-state index in [0.717, 1.165) is 39.0 Å². The van der Waals surface area contributed by atoms with Crippen LogP contribution in [0.1, 0.15) is 29.1 Å². The van der Waals surface area contributed by atoms with Crippen LogP contribution in [-0.4, -0.2) is 21.0 Å². The number of nitrogens with one attached hydrogen (secondary N) is 1. The first-order chi connectivity index (χ1) is 14.0. The van der Waals surface area contributed by atoms with E-state index in [9.17, 15) is 4.79 Å². The molecular formula is C23H22N4O2. The molecule has 0 unspecified atom stereocenters. The number of hydrogen-bond donors (Lipinski definition) is 1. The minimum atomic E-state index is -0.100. The number of rotatable bonds is 5. The summed E-state index contributed by atoms with van der Waals surface area (Å²) in [6, 6.07) is 15.8. The number of aryl methyl sites for hydroxylation is 4. The summed E-state index contributed by atoms with van der Waals surface area (Å²) in [4.78, 5) is 21.5. The van der Waals surface area contributed by atoms with Gasteiger partial charge in [0.25, 0.3) is 0 Å². The average Bonchev–Trinajstić information content (AvgIpc) is 3.18. The van der Waals surface area contributed by atoms with E-state index in [1.807, 2.05) is 69.3 Å². The second-order valence-corrected chi connectivity index (χ2v) is 7.21. The lowest BCUT2D eigenvalue weighted by atomic mass is 10.1. The summed E-state index contributed by atoms with van der Waals surface area (Å²) in [6.45, 7) is 5.94. The van der Waals surface area contributed by atoms with Crippen LogP contribution in [-0.2, 0) is 11.2 Å². The van der Waals surface area contributed by atoms with Crippen LogP contribution in [0.4, 0.5) is 5.69 Å². The molecule has 2 aromatic heterocycles. The Hall–Kier alpha value is -3.54. The number of benzene rings is 2. The maximum atomic E-state index is 12.5. The zero-order chi connectivity index (χ0) is 20.4. The molecule has 146 valence electrons. The third-order valence-electron chi connectivity index (χ3n) is 4.79. The van der Waals surface area contributed by atoms with Crippen LogP contribution in [0.2, 0.25) is 0 Å². The van der Waals surface area contributed by atoms with Crippen molar-refractivity contribution in [2.45, 2.75) is 33.6 Å². The predicted molar refractivity (Wildman–Crippen MR) is 113 cm³/mol. The van der Waals surface area contributed by atoms with Crippen LogP contribution in [0, 0.1) is 20.8 Å². The average molecular weight is 386 g/mol. The van der Waals surface area contributed by atoms with Gasteiger partial charge in [0.15, 0.2) is 0 Å². The van der Waals surface area contributed by atoms with E-state index in [1.54, 1.807) is 0 Å². The van der Waals surface area contributed by atoms with Gasteiger partial charge in [0.1, 0.15) is 0 Å². The van der Waals surface area contributed by atoms with Gasteiger partial charge in [0, 0.05) is 29.5 Å². The molecule has 0 bridgehead atoms. The number of amides is 1. The van der Waals surface area contributed by atoms with Crippen molar-refractivity contribution in [2.24, 2.45) is 0 Å². The Morgan fingerprint density at radius 3 is 2.72 bits per heavy atom. The number of carbonyl (C=O) groups excluding carboxylic acids is 1. The second-order valence-electron chi connectivity index (χ2n) is 7.21. The molecule has 2 aromatic carbocycles. The van der Waals surface area contributed by atoms with Gasteiger partial charge in [-0.2, -0.15) is 4.98 Å². The summed E-state index contributed by atoms with van der Waals surface area (Å²) in [5, 5.41) is 7.98. The SMILES string of the molecule is Cc1cccc(-c2noc(CCC(=O)Nc3c(C)ccc4nc(C)ccc34)n2)c1. The van der Waals surface area contributed by atoms with Crippen LogP contribution in [0.5, 0.6) is 0 Å². The molecule has 0 atom stereocenters. The third-order valence-corrected chi connectivity index (χ3v) is 4.79. The fourth-order valence-corrected chi connectivity index (χ4v) is 3.26. The van der Waals surface area contributed by atoms with Crippen molar-refractivity contribution >= 4 is 22.5 Å². The molecule has 0 aliphatic rings. The molecule has 0 aliphatic heterocycles. The van der Waals surface area contributed by atoms with Crippen molar-refractivity contribution in [1.82, 2.24) is 15.1 Å². The molecule has 2 heterocycles. The molecule has 4 rings (SSSR count). The quantitative estimate of drug-likeness (QED) is 0.534. The highest BCUT2D eigenvalue weighted by molar-refractivity contribution is 6.02. The van der Waals surface area contributed by atoms with Crippen molar-refractivity contribution in [3.63, 3.8) is 0 Å². The van der Waals surface area contributed by atoms with Gasteiger partial charge in [-0.1, -0.05) is 35.0 Å². The van der Waals surface area contributed by atoms with Crippen molar-refractivity contribution in [3.8, 4) is 11.4 Å². The fourth-order valence-electron chi connectivity index (χ4n) is 3.26. The van der Waals surface area contributed by atoms with E-state index in [4.69, 9.17) is 4.52 Å². The summed E-state index contributed by atoms with van der Waals surface area (Å²) < 4.78 is 5.32. The smallest absolute Gasteiger partial charge is 0.227 e. The van der Waals surface area contributed by atoms with Crippen LogP contribution in [0.3, 0.4) is 0 Å². The van der Waals surface area contributed by atoms with Gasteiger partial charge in [-0.3, -0.25) is 9.78 Å². The first-order valence-electron chi connectivity index (χ1n) is 9.56. The summed E-state index contributed by atoms with van der Waals surface area (Å²) in [7, 11) is 0. The predicted octanol–water partition coefficient (Wildman–Crippen LogP) is 4.78. The largest absolute Gasteiger partial charge is 0.339 e. The third kappa shape index (κ3) is 4.16. The van der Waals surface area contributed by atoms with Crippen molar-refractivity contribution in [2.75, 3.05) is 5.32 Å². The van der Waals surface area contributed by atoms with E-state index in [-0.39, 0.29) is 12.3 Å². The van der Waals surface area contributed by atoms with Gasteiger partial charge in [0.05, 0.1) is 11.2 Å². The number of nitrogens with zero attached hydrogens (tertiary/aromatic N) is 3. The minimum Gasteiger partial charge on any atom is -0.339 e. The van der Waals surface area contributed by atoms with E-state index < -0.39 is 0 Å². The Bertz CT molecular complexity index is 1200. The van der Waals surface area contributed by atoms with Crippen LogP contribution < -0.4 is 5.32 Å². The molecule has 0 aliphatic carbocycles. The van der Waals surface area contributed by atoms with Crippen LogP contribution in [0.25, 0.3) is 22.3 Å². The highest BCUT2D eigenvalue weighted by atomic mass is 16.5. The number of hydrogen-bond acceptors (Lipinski definition) is 5. The van der Waals surface area contributed by atoms with Crippen molar-refractivity contribution < 1.29 is 9.32 Å². The fraction of sp³-hybridized carbons (Fsp3) is 0.217. The lowest BCUT2D eigenvalue weighted by Gasteiger charge is -2.11. The Labute approximate surface area is 169 Å². The molecule has 1 amide bonds. The van der Waals surface area contributed by atoms with Gasteiger partial charge < -0.3 is 9.84 Å². The number of anilines is 1. The number of fused-ring (bicyclic) bond motifs is 1. The normalized spacial score (nSPS) is 11.0. The Kier molecular flexibility index (Phi) is 5.08. The zero-order valence-electron chi connectivity index (χ0n) is 16.7. The van der Waals surface area contributed by atoms with Gasteiger partial charge >= 0.3 is 0 Å². The molecule has 0 radical (unpaired) electrons. The van der Waals surface area contributed by atoms with E-state index in [1.165, 1.54) is 0 Å². The summed E-state index contributed by atoms with van der Waals surface area (Å²) >= 11 is 0. The summed E-state index contributed by atoms with van der Waals surface area (Å²) in [6.07, 6.45) is 0.635. The van der Waals surface area contributed by atoms with Gasteiger partial charge in [-0.25, -0.2) is 0 Å².